The number of hydrazone groups is 1. The van der Waals surface area contributed by atoms with Crippen molar-refractivity contribution in [3.8, 4) is 0 Å². The number of rotatable bonds is 4. The predicted octanol–water partition coefficient (Wildman–Crippen LogP) is 3.13. The molecule has 1 aliphatic carbocycles. The molecule has 8 nitrogen and oxygen atoms in total. The highest BCUT2D eigenvalue weighted by Gasteiger charge is 2.38. The smallest absolute Gasteiger partial charge is 0.219 e. The maximum Gasteiger partial charge on any atom is 0.219 e. The number of hydrogen-bond acceptors (Lipinski definition) is 6. The first-order valence-electron chi connectivity index (χ1n) is 12.9. The zero-order chi connectivity index (χ0) is 24.7. The Morgan fingerprint density at radius 1 is 1.31 bits per heavy atom. The Morgan fingerprint density at radius 2 is 2.14 bits per heavy atom. The Morgan fingerprint density at radius 3 is 2.83 bits per heavy atom. The SMILES string of the molecule is CC(=O)N1CCC(N[C@H]2CCOC2)=C(C(=N)N2CCC(C)C3=C2C=C(Cl)C(C2C=NN(C)C2)C3)C1. The standard InChI is InChI=1S/C26H37ClN6O2/c1-16-4-8-33(25-11-23(27)21(10-20(16)25)18-12-29-31(3)13-18)26(28)22-14-32(17(2)34)7-5-24(22)30-19-6-9-35-15-19/h11-12,16,18-19,21,28,30H,4-10,13-15H2,1-3H3/t16?,18?,19-,21?/m0/s1. The van der Waals surface area contributed by atoms with Gasteiger partial charge in [-0.2, -0.15) is 5.10 Å². The molecule has 4 heterocycles. The summed E-state index contributed by atoms with van der Waals surface area (Å²) < 4.78 is 5.57. The summed E-state index contributed by atoms with van der Waals surface area (Å²) >= 11 is 6.90. The number of nitrogens with zero attached hydrogens (tertiary/aromatic N) is 4. The van der Waals surface area contributed by atoms with Gasteiger partial charge in [0.2, 0.25) is 5.91 Å². The molecule has 0 spiro atoms. The lowest BCUT2D eigenvalue weighted by Crippen LogP contribution is -2.46. The number of carbonyl (C=O) groups excluding carboxylic acids is 1. The third kappa shape index (κ3) is 4.87. The molecule has 4 aliphatic heterocycles. The van der Waals surface area contributed by atoms with Gasteiger partial charge in [-0.25, -0.2) is 0 Å². The summed E-state index contributed by atoms with van der Waals surface area (Å²) in [6, 6.07) is 0.267. The molecule has 35 heavy (non-hydrogen) atoms. The van der Waals surface area contributed by atoms with Gasteiger partial charge in [-0.3, -0.25) is 15.2 Å². The molecule has 1 saturated heterocycles. The predicted molar refractivity (Wildman–Crippen MR) is 138 cm³/mol. The second-order valence-corrected chi connectivity index (χ2v) is 11.0. The molecule has 0 aromatic carbocycles. The van der Waals surface area contributed by atoms with E-state index in [1.165, 1.54) is 5.57 Å². The van der Waals surface area contributed by atoms with E-state index in [1.807, 2.05) is 23.2 Å². The summed E-state index contributed by atoms with van der Waals surface area (Å²) in [6.45, 7) is 8.17. The van der Waals surface area contributed by atoms with E-state index < -0.39 is 0 Å². The van der Waals surface area contributed by atoms with Crippen LogP contribution in [-0.4, -0.2) is 85.2 Å². The third-order valence-corrected chi connectivity index (χ3v) is 8.56. The van der Waals surface area contributed by atoms with Crippen LogP contribution in [0, 0.1) is 23.2 Å². The molecule has 2 N–H and O–H groups in total. The number of halogens is 1. The van der Waals surface area contributed by atoms with Crippen LogP contribution in [0.25, 0.3) is 0 Å². The zero-order valence-corrected chi connectivity index (χ0v) is 21.8. The molecule has 9 heteroatoms. The first-order chi connectivity index (χ1) is 16.8. The van der Waals surface area contributed by atoms with Crippen LogP contribution in [0.4, 0.5) is 0 Å². The minimum atomic E-state index is 0.0531. The summed E-state index contributed by atoms with van der Waals surface area (Å²) in [5, 5.41) is 20.3. The molecule has 0 aromatic rings. The minimum Gasteiger partial charge on any atom is -0.383 e. The van der Waals surface area contributed by atoms with Crippen LogP contribution < -0.4 is 5.32 Å². The quantitative estimate of drug-likeness (QED) is 0.457. The van der Waals surface area contributed by atoms with Gasteiger partial charge in [-0.05, 0) is 36.8 Å². The maximum atomic E-state index is 12.2. The van der Waals surface area contributed by atoms with Crippen molar-refractivity contribution in [2.24, 2.45) is 22.9 Å². The van der Waals surface area contributed by atoms with Crippen molar-refractivity contribution in [1.82, 2.24) is 20.1 Å². The molecule has 3 unspecified atom stereocenters. The van der Waals surface area contributed by atoms with Crippen LogP contribution in [0.3, 0.4) is 0 Å². The molecule has 5 aliphatic rings. The number of nitrogens with one attached hydrogen (secondary N) is 2. The van der Waals surface area contributed by atoms with Gasteiger partial charge in [0.05, 0.1) is 19.2 Å². The molecule has 1 fully saturated rings. The van der Waals surface area contributed by atoms with E-state index >= 15 is 0 Å². The number of carbonyl (C=O) groups is 1. The Kier molecular flexibility index (Phi) is 6.95. The zero-order valence-electron chi connectivity index (χ0n) is 21.0. The van der Waals surface area contributed by atoms with Gasteiger partial charge in [0.1, 0.15) is 5.84 Å². The van der Waals surface area contributed by atoms with Gasteiger partial charge < -0.3 is 19.9 Å². The van der Waals surface area contributed by atoms with Crippen LogP contribution in [0.2, 0.25) is 0 Å². The summed E-state index contributed by atoms with van der Waals surface area (Å²) in [6.07, 6.45) is 7.75. The molecule has 5 rings (SSSR count). The largest absolute Gasteiger partial charge is 0.383 e. The lowest BCUT2D eigenvalue weighted by molar-refractivity contribution is -0.128. The van der Waals surface area contributed by atoms with Crippen molar-refractivity contribution in [1.29, 1.82) is 5.41 Å². The topological polar surface area (TPSA) is 84.3 Å². The lowest BCUT2D eigenvalue weighted by Gasteiger charge is -2.42. The number of amides is 1. The number of allylic oxidation sites excluding steroid dienone is 3. The van der Waals surface area contributed by atoms with E-state index in [-0.39, 0.29) is 17.9 Å². The second kappa shape index (κ2) is 9.97. The molecule has 0 aromatic heterocycles. The van der Waals surface area contributed by atoms with Crippen molar-refractivity contribution in [2.75, 3.05) is 46.4 Å². The van der Waals surface area contributed by atoms with Gasteiger partial charge in [0.25, 0.3) is 0 Å². The Bertz CT molecular complexity index is 1010. The van der Waals surface area contributed by atoms with Crippen molar-refractivity contribution in [2.45, 2.75) is 45.6 Å². The minimum absolute atomic E-state index is 0.0531. The molecule has 1 amide bonds. The van der Waals surface area contributed by atoms with E-state index in [1.54, 1.807) is 6.92 Å². The Balaban J connectivity index is 1.44. The molecule has 0 bridgehead atoms. The van der Waals surface area contributed by atoms with Crippen molar-refractivity contribution < 1.29 is 9.53 Å². The fourth-order valence-electron chi connectivity index (χ4n) is 5.98. The Hall–Kier alpha value is -2.32. The number of hydrogen-bond donors (Lipinski definition) is 2. The Labute approximate surface area is 213 Å². The van der Waals surface area contributed by atoms with Gasteiger partial charge in [-0.15, -0.1) is 0 Å². The molecule has 0 saturated carbocycles. The van der Waals surface area contributed by atoms with Gasteiger partial charge in [0.15, 0.2) is 0 Å². The highest BCUT2D eigenvalue weighted by atomic mass is 35.5. The van der Waals surface area contributed by atoms with Gasteiger partial charge in [0, 0.05) is 86.7 Å². The normalized spacial score (nSPS) is 31.2. The van der Waals surface area contributed by atoms with Crippen LogP contribution in [-0.2, 0) is 9.53 Å². The van der Waals surface area contributed by atoms with Crippen molar-refractivity contribution in [3.63, 3.8) is 0 Å². The van der Waals surface area contributed by atoms with E-state index in [9.17, 15) is 10.2 Å². The lowest BCUT2D eigenvalue weighted by atomic mass is 9.77. The van der Waals surface area contributed by atoms with Gasteiger partial charge >= 0.3 is 0 Å². The summed E-state index contributed by atoms with van der Waals surface area (Å²) in [5.74, 6) is 1.54. The summed E-state index contributed by atoms with van der Waals surface area (Å²) in [5.41, 5.74) is 4.46. The van der Waals surface area contributed by atoms with Crippen molar-refractivity contribution in [3.05, 3.63) is 33.6 Å². The van der Waals surface area contributed by atoms with E-state index in [0.717, 1.165) is 67.4 Å². The first-order valence-corrected chi connectivity index (χ1v) is 13.2. The molecular formula is C26H37ClN6O2. The van der Waals surface area contributed by atoms with E-state index in [4.69, 9.17) is 16.3 Å². The molecule has 0 radical (unpaired) electrons. The highest BCUT2D eigenvalue weighted by molar-refractivity contribution is 6.30. The third-order valence-electron chi connectivity index (χ3n) is 8.17. The monoisotopic (exact) mass is 500 g/mol. The van der Waals surface area contributed by atoms with Crippen LogP contribution in [0.1, 0.15) is 39.5 Å². The van der Waals surface area contributed by atoms with Crippen molar-refractivity contribution >= 4 is 29.6 Å². The van der Waals surface area contributed by atoms with E-state index in [0.29, 0.717) is 37.4 Å². The first kappa shape index (κ1) is 24.4. The second-order valence-electron chi connectivity index (χ2n) is 10.6. The molecular weight excluding hydrogens is 464 g/mol. The van der Waals surface area contributed by atoms with Gasteiger partial charge in [-0.1, -0.05) is 18.5 Å². The fourth-order valence-corrected chi connectivity index (χ4v) is 6.32. The molecule has 4 atom stereocenters. The maximum absolute atomic E-state index is 12.2. The fraction of sp³-hybridized carbons (Fsp3) is 0.654. The summed E-state index contributed by atoms with van der Waals surface area (Å²) in [4.78, 5) is 16.2. The average Bonchev–Trinajstić information content (AvgIpc) is 3.50. The van der Waals surface area contributed by atoms with Crippen LogP contribution in [0.15, 0.2) is 38.8 Å². The van der Waals surface area contributed by atoms with Crippen LogP contribution in [0.5, 0.6) is 0 Å². The number of ether oxygens (including phenoxy) is 1. The summed E-state index contributed by atoms with van der Waals surface area (Å²) in [7, 11) is 2.00. The van der Waals surface area contributed by atoms with E-state index in [2.05, 4.69) is 28.3 Å². The molecule has 190 valence electrons. The average molecular weight is 501 g/mol. The van der Waals surface area contributed by atoms with Crippen LogP contribution >= 0.6 is 11.6 Å². The highest BCUT2D eigenvalue weighted by Crippen LogP contribution is 2.44. The number of amidine groups is 1.